The molecule has 90 valence electrons. The molecule has 0 saturated carbocycles. The quantitative estimate of drug-likeness (QED) is 0.804. The number of ether oxygens (including phenoxy) is 3. The van der Waals surface area contributed by atoms with Gasteiger partial charge in [0, 0.05) is 6.42 Å². The van der Waals surface area contributed by atoms with Crippen LogP contribution in [0.4, 0.5) is 0 Å². The Bertz CT molecular complexity index is 301. The van der Waals surface area contributed by atoms with Crippen LogP contribution in [0, 0.1) is 0 Å². The molecule has 1 rings (SSSR count). The predicted molar refractivity (Wildman–Crippen MR) is 61.3 cm³/mol. The van der Waals surface area contributed by atoms with Gasteiger partial charge in [0.05, 0.1) is 26.9 Å². The van der Waals surface area contributed by atoms with Crippen LogP contribution in [0.25, 0.3) is 0 Å². The summed E-state index contributed by atoms with van der Waals surface area (Å²) in [4.78, 5) is 0. The number of hydrogen-bond acceptors (Lipinski definition) is 4. The number of rotatable bonds is 6. The number of aliphatic hydroxyl groups excluding tert-OH is 1. The molecule has 1 N–H and O–H groups in total. The van der Waals surface area contributed by atoms with Gasteiger partial charge in [-0.15, -0.1) is 0 Å². The lowest BCUT2D eigenvalue weighted by atomic mass is 10.3. The monoisotopic (exact) mass is 226 g/mol. The summed E-state index contributed by atoms with van der Waals surface area (Å²) < 4.78 is 15.9. The minimum Gasteiger partial charge on any atom is -0.493 e. The average Bonchev–Trinajstić information content (AvgIpc) is 2.28. The van der Waals surface area contributed by atoms with Crippen molar-refractivity contribution in [2.75, 3.05) is 20.8 Å². The van der Waals surface area contributed by atoms with Gasteiger partial charge in [0.1, 0.15) is 0 Å². The first-order valence-corrected chi connectivity index (χ1v) is 5.21. The van der Waals surface area contributed by atoms with E-state index < -0.39 is 0 Å². The van der Waals surface area contributed by atoms with E-state index in [9.17, 15) is 0 Å². The molecule has 0 heterocycles. The van der Waals surface area contributed by atoms with E-state index in [4.69, 9.17) is 19.3 Å². The maximum atomic E-state index is 9.14. The molecule has 0 aliphatic heterocycles. The molecule has 4 nitrogen and oxygen atoms in total. The Kier molecular flexibility index (Phi) is 4.92. The lowest BCUT2D eigenvalue weighted by molar-refractivity contribution is 0.152. The first kappa shape index (κ1) is 12.6. The Morgan fingerprint density at radius 2 is 1.75 bits per heavy atom. The van der Waals surface area contributed by atoms with Crippen molar-refractivity contribution in [1.29, 1.82) is 0 Å². The van der Waals surface area contributed by atoms with Crippen molar-refractivity contribution < 1.29 is 19.3 Å². The van der Waals surface area contributed by atoms with Gasteiger partial charge in [-0.25, -0.2) is 0 Å². The second-order valence-electron chi connectivity index (χ2n) is 3.48. The highest BCUT2D eigenvalue weighted by atomic mass is 16.5. The zero-order valence-corrected chi connectivity index (χ0v) is 9.90. The summed E-state index contributed by atoms with van der Waals surface area (Å²) >= 11 is 0. The van der Waals surface area contributed by atoms with E-state index in [2.05, 4.69) is 0 Å². The molecule has 0 spiro atoms. The summed E-state index contributed by atoms with van der Waals surface area (Å²) in [7, 11) is 3.16. The van der Waals surface area contributed by atoms with Gasteiger partial charge in [-0.3, -0.25) is 0 Å². The number of hydrogen-bond donors (Lipinski definition) is 1. The largest absolute Gasteiger partial charge is 0.493 e. The minimum absolute atomic E-state index is 0.374. The number of aliphatic hydroxyl groups is 1. The maximum Gasteiger partial charge on any atom is 0.203 e. The fourth-order valence-corrected chi connectivity index (χ4v) is 1.29. The number of para-hydroxylation sites is 1. The van der Waals surface area contributed by atoms with Crippen molar-refractivity contribution in [1.82, 2.24) is 0 Å². The third-order valence-corrected chi connectivity index (χ3v) is 2.16. The first-order valence-electron chi connectivity index (χ1n) is 5.21. The molecular formula is C12H18O4. The van der Waals surface area contributed by atoms with E-state index in [1.807, 2.05) is 6.07 Å². The van der Waals surface area contributed by atoms with Gasteiger partial charge >= 0.3 is 0 Å². The van der Waals surface area contributed by atoms with Crippen molar-refractivity contribution in [3.8, 4) is 17.2 Å². The van der Waals surface area contributed by atoms with Gasteiger partial charge in [-0.05, 0) is 19.1 Å². The van der Waals surface area contributed by atoms with Gasteiger partial charge in [-0.1, -0.05) is 6.07 Å². The maximum absolute atomic E-state index is 9.14. The van der Waals surface area contributed by atoms with Crippen LogP contribution in [-0.2, 0) is 0 Å². The van der Waals surface area contributed by atoms with Crippen molar-refractivity contribution in [2.24, 2.45) is 0 Å². The van der Waals surface area contributed by atoms with Crippen LogP contribution >= 0.6 is 0 Å². The van der Waals surface area contributed by atoms with Crippen molar-refractivity contribution in [3.05, 3.63) is 18.2 Å². The molecule has 0 aliphatic carbocycles. The second-order valence-corrected chi connectivity index (χ2v) is 3.48. The van der Waals surface area contributed by atoms with Crippen LogP contribution in [0.3, 0.4) is 0 Å². The van der Waals surface area contributed by atoms with E-state index in [0.29, 0.717) is 30.3 Å². The topological polar surface area (TPSA) is 47.9 Å². The highest BCUT2D eigenvalue weighted by molar-refractivity contribution is 5.51. The molecule has 0 aromatic heterocycles. The minimum atomic E-state index is -0.374. The Morgan fingerprint density at radius 3 is 2.19 bits per heavy atom. The summed E-state index contributed by atoms with van der Waals surface area (Å²) in [5.41, 5.74) is 0. The molecule has 16 heavy (non-hydrogen) atoms. The molecule has 4 heteroatoms. The SMILES string of the molecule is COc1cccc(OC)c1OCCC(C)O. The smallest absolute Gasteiger partial charge is 0.203 e. The highest BCUT2D eigenvalue weighted by Gasteiger charge is 2.11. The van der Waals surface area contributed by atoms with E-state index in [-0.39, 0.29) is 6.10 Å². The molecule has 0 radical (unpaired) electrons. The highest BCUT2D eigenvalue weighted by Crippen LogP contribution is 2.36. The summed E-state index contributed by atoms with van der Waals surface area (Å²) in [6.07, 6.45) is 0.196. The molecule has 1 aromatic rings. The number of methoxy groups -OCH3 is 2. The molecule has 0 fully saturated rings. The summed E-state index contributed by atoms with van der Waals surface area (Å²) in [6.45, 7) is 2.15. The van der Waals surface area contributed by atoms with E-state index >= 15 is 0 Å². The van der Waals surface area contributed by atoms with Crippen molar-refractivity contribution >= 4 is 0 Å². The van der Waals surface area contributed by atoms with Gasteiger partial charge in [0.2, 0.25) is 5.75 Å². The van der Waals surface area contributed by atoms with Crippen LogP contribution in [0.15, 0.2) is 18.2 Å². The van der Waals surface area contributed by atoms with Crippen molar-refractivity contribution in [2.45, 2.75) is 19.4 Å². The lowest BCUT2D eigenvalue weighted by Gasteiger charge is -2.14. The first-order chi connectivity index (χ1) is 7.69. The molecular weight excluding hydrogens is 208 g/mol. The summed E-state index contributed by atoms with van der Waals surface area (Å²) in [6, 6.07) is 5.44. The van der Waals surface area contributed by atoms with Crippen LogP contribution < -0.4 is 14.2 Å². The molecule has 1 atom stereocenters. The van der Waals surface area contributed by atoms with Crippen molar-refractivity contribution in [3.63, 3.8) is 0 Å². The third-order valence-electron chi connectivity index (χ3n) is 2.16. The van der Waals surface area contributed by atoms with E-state index in [1.165, 1.54) is 0 Å². The Balaban J connectivity index is 2.74. The normalized spacial score (nSPS) is 12.0. The summed E-state index contributed by atoms with van der Waals surface area (Å²) in [5.74, 6) is 1.84. The average molecular weight is 226 g/mol. The zero-order chi connectivity index (χ0) is 12.0. The van der Waals surface area contributed by atoms with E-state index in [0.717, 1.165) is 0 Å². The zero-order valence-electron chi connectivity index (χ0n) is 9.90. The van der Waals surface area contributed by atoms with Crippen LogP contribution in [0.2, 0.25) is 0 Å². The predicted octanol–water partition coefficient (Wildman–Crippen LogP) is 1.85. The van der Waals surface area contributed by atoms with Crippen LogP contribution in [-0.4, -0.2) is 32.0 Å². The molecule has 1 unspecified atom stereocenters. The van der Waals surface area contributed by atoms with Gasteiger partial charge in [0.25, 0.3) is 0 Å². The Hall–Kier alpha value is -1.42. The van der Waals surface area contributed by atoms with E-state index in [1.54, 1.807) is 33.3 Å². The number of benzene rings is 1. The molecule has 0 bridgehead atoms. The standard InChI is InChI=1S/C12H18O4/c1-9(13)7-8-16-12-10(14-2)5-4-6-11(12)15-3/h4-6,9,13H,7-8H2,1-3H3. The van der Waals surface area contributed by atoms with Gasteiger partial charge in [-0.2, -0.15) is 0 Å². The molecule has 0 aliphatic rings. The Morgan fingerprint density at radius 1 is 1.19 bits per heavy atom. The van der Waals surface area contributed by atoms with Crippen LogP contribution in [0.1, 0.15) is 13.3 Å². The fourth-order valence-electron chi connectivity index (χ4n) is 1.29. The molecule has 0 saturated heterocycles. The summed E-state index contributed by atoms with van der Waals surface area (Å²) in [5, 5.41) is 9.14. The third kappa shape index (κ3) is 3.31. The van der Waals surface area contributed by atoms with Gasteiger partial charge in [0.15, 0.2) is 11.5 Å². The second kappa shape index (κ2) is 6.23. The Labute approximate surface area is 95.8 Å². The molecule has 1 aromatic carbocycles. The molecule has 0 amide bonds. The lowest BCUT2D eigenvalue weighted by Crippen LogP contribution is -2.08. The van der Waals surface area contributed by atoms with Gasteiger partial charge < -0.3 is 19.3 Å². The van der Waals surface area contributed by atoms with Crippen LogP contribution in [0.5, 0.6) is 17.2 Å². The fraction of sp³-hybridized carbons (Fsp3) is 0.500.